The normalized spacial score (nSPS) is 11.9. The number of rotatable bonds is 3. The predicted octanol–water partition coefficient (Wildman–Crippen LogP) is 9.85. The first-order valence-electron chi connectivity index (χ1n) is 14.3. The third kappa shape index (κ3) is 3.78. The fraction of sp³-hybridized carbons (Fsp3) is 0.158. The highest BCUT2D eigenvalue weighted by Gasteiger charge is 2.33. The van der Waals surface area contributed by atoms with Gasteiger partial charge in [-0.25, -0.2) is 9.41 Å². The quantitative estimate of drug-likeness (QED) is 0.160. The molecule has 4 nitrogen and oxygen atoms in total. The van der Waals surface area contributed by atoms with Gasteiger partial charge in [-0.2, -0.15) is 4.57 Å². The number of benzene rings is 5. The maximum absolute atomic E-state index is 7.99. The highest BCUT2D eigenvalue weighted by Crippen LogP contribution is 2.48. The van der Waals surface area contributed by atoms with Gasteiger partial charge in [0, 0.05) is 16.3 Å². The molecule has 0 spiro atoms. The third-order valence-electron chi connectivity index (χ3n) is 8.33. The molecular weight excluding hydrogens is 514 g/mol. The van der Waals surface area contributed by atoms with Crippen LogP contribution in [-0.4, -0.2) is 4.57 Å². The van der Waals surface area contributed by atoms with Crippen molar-refractivity contribution in [2.75, 3.05) is 0 Å². The topological polar surface area (TPSA) is 26.3 Å². The van der Waals surface area contributed by atoms with Crippen LogP contribution >= 0.6 is 0 Å². The summed E-state index contributed by atoms with van der Waals surface area (Å²) >= 11 is 0. The van der Waals surface area contributed by atoms with Crippen molar-refractivity contribution in [3.63, 3.8) is 0 Å². The standard InChI is InChI=1S/C38H32N3O/c1-24-23-28(38(2,3)4)34-27-21-22-29(39-5)33(25-15-9-7-10-16-25)35(27)42-36(34)32(24)37-40(6)30-19-13-14-20-31(30)41(37)26-17-11-8-12-18-26/h7-23H,1-4,6H3/q+1. The van der Waals surface area contributed by atoms with E-state index in [-0.39, 0.29) is 5.41 Å². The van der Waals surface area contributed by atoms with Gasteiger partial charge in [-0.05, 0) is 53.3 Å². The Labute approximate surface area is 245 Å². The van der Waals surface area contributed by atoms with Crippen molar-refractivity contribution in [2.24, 2.45) is 7.05 Å². The first-order valence-corrected chi connectivity index (χ1v) is 14.3. The number of hydrogen-bond acceptors (Lipinski definition) is 1. The van der Waals surface area contributed by atoms with Gasteiger partial charge >= 0.3 is 0 Å². The Morgan fingerprint density at radius 2 is 1.45 bits per heavy atom. The predicted molar refractivity (Wildman–Crippen MR) is 172 cm³/mol. The van der Waals surface area contributed by atoms with Crippen molar-refractivity contribution in [2.45, 2.75) is 33.1 Å². The van der Waals surface area contributed by atoms with Crippen LogP contribution in [0.5, 0.6) is 0 Å². The Balaban J connectivity index is 1.70. The maximum Gasteiger partial charge on any atom is 0.298 e. The number of para-hydroxylation sites is 3. The Hall–Kier alpha value is -5.14. The number of nitrogens with zero attached hydrogens (tertiary/aromatic N) is 3. The minimum atomic E-state index is -0.127. The number of hydrogen-bond donors (Lipinski definition) is 0. The largest absolute Gasteiger partial charge is 0.456 e. The molecule has 4 heteroatoms. The molecule has 204 valence electrons. The second-order valence-electron chi connectivity index (χ2n) is 12.0. The van der Waals surface area contributed by atoms with Gasteiger partial charge < -0.3 is 4.42 Å². The van der Waals surface area contributed by atoms with Crippen LogP contribution in [0.1, 0.15) is 31.9 Å². The number of furan rings is 1. The van der Waals surface area contributed by atoms with Crippen LogP contribution in [0.3, 0.4) is 0 Å². The van der Waals surface area contributed by atoms with Crippen LogP contribution in [0.25, 0.3) is 66.0 Å². The molecule has 0 saturated heterocycles. The fourth-order valence-corrected chi connectivity index (χ4v) is 6.41. The van der Waals surface area contributed by atoms with Gasteiger partial charge in [0.25, 0.3) is 5.82 Å². The molecule has 0 atom stereocenters. The Morgan fingerprint density at radius 1 is 0.786 bits per heavy atom. The van der Waals surface area contributed by atoms with Crippen molar-refractivity contribution >= 4 is 38.7 Å². The molecule has 0 aliphatic carbocycles. The molecule has 2 heterocycles. The number of aromatic nitrogens is 2. The summed E-state index contributed by atoms with van der Waals surface area (Å²) in [7, 11) is 2.13. The number of fused-ring (bicyclic) bond motifs is 4. The lowest BCUT2D eigenvalue weighted by atomic mass is 9.81. The lowest BCUT2D eigenvalue weighted by Crippen LogP contribution is -2.30. The average Bonchev–Trinajstić information content (AvgIpc) is 3.52. The van der Waals surface area contributed by atoms with Crippen molar-refractivity contribution < 1.29 is 8.98 Å². The molecule has 0 N–H and O–H groups in total. The molecule has 7 rings (SSSR count). The zero-order valence-corrected chi connectivity index (χ0v) is 24.6. The van der Waals surface area contributed by atoms with E-state index in [0.717, 1.165) is 66.7 Å². The van der Waals surface area contributed by atoms with Crippen LogP contribution < -0.4 is 4.57 Å². The molecule has 0 saturated carbocycles. The fourth-order valence-electron chi connectivity index (χ4n) is 6.41. The molecule has 0 aliphatic heterocycles. The molecule has 0 unspecified atom stereocenters. The Morgan fingerprint density at radius 3 is 2.14 bits per heavy atom. The smallest absolute Gasteiger partial charge is 0.298 e. The SMILES string of the molecule is [C-]#[N+]c1ccc2c(oc3c(-c4n(-c5ccccc5)c5ccccc5[n+]4C)c(C)cc(C(C)(C)C)c32)c1-c1ccccc1. The molecule has 0 fully saturated rings. The summed E-state index contributed by atoms with van der Waals surface area (Å²) in [5.74, 6) is 1.05. The van der Waals surface area contributed by atoms with E-state index >= 15 is 0 Å². The van der Waals surface area contributed by atoms with E-state index in [0.29, 0.717) is 5.69 Å². The number of aryl methyl sites for hydroxylation is 2. The van der Waals surface area contributed by atoms with E-state index in [9.17, 15) is 0 Å². The van der Waals surface area contributed by atoms with Gasteiger partial charge in [0.1, 0.15) is 16.8 Å². The van der Waals surface area contributed by atoms with Gasteiger partial charge in [-0.15, -0.1) is 0 Å². The van der Waals surface area contributed by atoms with Gasteiger partial charge in [-0.3, -0.25) is 0 Å². The first-order chi connectivity index (χ1) is 20.3. The van der Waals surface area contributed by atoms with Crippen LogP contribution in [0.4, 0.5) is 5.69 Å². The highest BCUT2D eigenvalue weighted by molar-refractivity contribution is 6.16. The summed E-state index contributed by atoms with van der Waals surface area (Å²) < 4.78 is 11.7. The molecule has 0 bridgehead atoms. The molecule has 7 aromatic rings. The minimum absolute atomic E-state index is 0.127. The van der Waals surface area contributed by atoms with Gasteiger partial charge in [-0.1, -0.05) is 99.6 Å². The van der Waals surface area contributed by atoms with E-state index in [1.54, 1.807) is 0 Å². The number of imidazole rings is 1. The molecule has 42 heavy (non-hydrogen) atoms. The van der Waals surface area contributed by atoms with Crippen LogP contribution in [0.15, 0.2) is 108 Å². The van der Waals surface area contributed by atoms with E-state index < -0.39 is 0 Å². The van der Waals surface area contributed by atoms with Gasteiger partial charge in [0.2, 0.25) is 0 Å². The zero-order valence-electron chi connectivity index (χ0n) is 24.6. The van der Waals surface area contributed by atoms with Crippen LogP contribution in [0, 0.1) is 13.5 Å². The summed E-state index contributed by atoms with van der Waals surface area (Å²) in [6, 6.07) is 35.5. The summed E-state index contributed by atoms with van der Waals surface area (Å²) in [5, 5.41) is 2.14. The lowest BCUT2D eigenvalue weighted by molar-refractivity contribution is -0.633. The molecular formula is C38H32N3O+. The Kier molecular flexibility index (Phi) is 5.81. The monoisotopic (exact) mass is 546 g/mol. The van der Waals surface area contributed by atoms with Crippen LogP contribution in [0.2, 0.25) is 0 Å². The summed E-state index contributed by atoms with van der Waals surface area (Å²) in [4.78, 5) is 3.92. The maximum atomic E-state index is 7.99. The Bertz CT molecular complexity index is 2190. The molecule has 0 aliphatic rings. The van der Waals surface area contributed by atoms with Gasteiger partial charge in [0.15, 0.2) is 22.3 Å². The van der Waals surface area contributed by atoms with Crippen molar-refractivity contribution in [3.05, 3.63) is 126 Å². The van der Waals surface area contributed by atoms with E-state index in [1.165, 1.54) is 5.56 Å². The first kappa shape index (κ1) is 25.8. The molecule has 0 radical (unpaired) electrons. The highest BCUT2D eigenvalue weighted by atomic mass is 16.3. The molecule has 0 amide bonds. The van der Waals surface area contributed by atoms with E-state index in [4.69, 9.17) is 11.0 Å². The second kappa shape index (κ2) is 9.46. The van der Waals surface area contributed by atoms with Gasteiger partial charge in [0.05, 0.1) is 13.6 Å². The van der Waals surface area contributed by atoms with Crippen molar-refractivity contribution in [1.29, 1.82) is 0 Å². The zero-order chi connectivity index (χ0) is 29.2. The summed E-state index contributed by atoms with van der Waals surface area (Å²) in [6.45, 7) is 16.9. The van der Waals surface area contributed by atoms with Crippen LogP contribution in [-0.2, 0) is 12.5 Å². The summed E-state index contributed by atoms with van der Waals surface area (Å²) in [6.07, 6.45) is 0. The van der Waals surface area contributed by atoms with Crippen molar-refractivity contribution in [3.8, 4) is 28.2 Å². The van der Waals surface area contributed by atoms with E-state index in [2.05, 4.69) is 128 Å². The summed E-state index contributed by atoms with van der Waals surface area (Å²) in [5.41, 5.74) is 10.7. The minimum Gasteiger partial charge on any atom is -0.456 e. The van der Waals surface area contributed by atoms with E-state index in [1.807, 2.05) is 24.3 Å². The lowest BCUT2D eigenvalue weighted by Gasteiger charge is -2.22. The average molecular weight is 547 g/mol. The second-order valence-corrected chi connectivity index (χ2v) is 12.0. The van der Waals surface area contributed by atoms with Crippen molar-refractivity contribution in [1.82, 2.24) is 4.57 Å². The third-order valence-corrected chi connectivity index (χ3v) is 8.33. The molecule has 2 aromatic heterocycles. The molecule has 5 aromatic carbocycles.